The van der Waals surface area contributed by atoms with Crippen molar-refractivity contribution in [1.82, 2.24) is 0 Å². The van der Waals surface area contributed by atoms with Crippen LogP contribution in [0.4, 0.5) is 0 Å². The zero-order valence-electron chi connectivity index (χ0n) is 8.31. The Morgan fingerprint density at radius 1 is 1.31 bits per heavy atom. The van der Waals surface area contributed by atoms with Crippen LogP contribution in [0.5, 0.6) is 5.75 Å². The van der Waals surface area contributed by atoms with Crippen LogP contribution in [0.1, 0.15) is 11.3 Å². The third-order valence-corrected chi connectivity index (χ3v) is 2.40. The van der Waals surface area contributed by atoms with Gasteiger partial charge in [-0.25, -0.2) is 0 Å². The van der Waals surface area contributed by atoms with Crippen molar-refractivity contribution in [3.63, 3.8) is 0 Å². The highest BCUT2D eigenvalue weighted by molar-refractivity contribution is 9.10. The summed E-state index contributed by atoms with van der Waals surface area (Å²) >= 11 is 3.22. The summed E-state index contributed by atoms with van der Waals surface area (Å²) in [5, 5.41) is 8.72. The summed E-state index contributed by atoms with van der Waals surface area (Å²) in [6, 6.07) is 12.7. The highest BCUT2D eigenvalue weighted by Crippen LogP contribution is 2.18. The average Bonchev–Trinajstić information content (AvgIpc) is 2.73. The van der Waals surface area contributed by atoms with E-state index in [4.69, 9.17) is 14.4 Å². The largest absolute Gasteiger partial charge is 0.486 e. The topological polar surface area (TPSA) is 46.2 Å². The molecule has 0 bridgehead atoms. The van der Waals surface area contributed by atoms with E-state index < -0.39 is 0 Å². The number of hydrogen-bond donors (Lipinski definition) is 0. The van der Waals surface area contributed by atoms with Crippen LogP contribution in [-0.4, -0.2) is 0 Å². The molecule has 3 nitrogen and oxygen atoms in total. The monoisotopic (exact) mass is 277 g/mol. The Morgan fingerprint density at radius 2 is 2.19 bits per heavy atom. The number of hydrogen-bond acceptors (Lipinski definition) is 3. The molecule has 0 amide bonds. The summed E-state index contributed by atoms with van der Waals surface area (Å²) in [6.07, 6.45) is 0. The fraction of sp³-hybridized carbons (Fsp3) is 0.0833. The first kappa shape index (κ1) is 10.8. The van der Waals surface area contributed by atoms with Crippen LogP contribution >= 0.6 is 15.9 Å². The fourth-order valence-corrected chi connectivity index (χ4v) is 1.58. The van der Waals surface area contributed by atoms with Gasteiger partial charge in [0.05, 0.1) is 11.6 Å². The molecule has 2 aromatic rings. The molecule has 0 radical (unpaired) electrons. The minimum Gasteiger partial charge on any atom is -0.486 e. The van der Waals surface area contributed by atoms with Gasteiger partial charge in [-0.3, -0.25) is 0 Å². The van der Waals surface area contributed by atoms with Crippen LogP contribution in [0.25, 0.3) is 0 Å². The lowest BCUT2D eigenvalue weighted by atomic mass is 10.2. The first-order chi connectivity index (χ1) is 7.78. The maximum atomic E-state index is 8.72. The summed E-state index contributed by atoms with van der Waals surface area (Å²) in [4.78, 5) is 0. The summed E-state index contributed by atoms with van der Waals surface area (Å²) in [6.45, 7) is 0.348. The van der Waals surface area contributed by atoms with E-state index in [1.165, 1.54) is 0 Å². The van der Waals surface area contributed by atoms with Crippen LogP contribution in [0.15, 0.2) is 45.5 Å². The SMILES string of the molecule is N#Cc1cccc(OCc2ccc(Br)o2)c1. The van der Waals surface area contributed by atoms with Gasteiger partial charge in [0.25, 0.3) is 0 Å². The Labute approximate surface area is 101 Å². The van der Waals surface area contributed by atoms with Gasteiger partial charge in [0.15, 0.2) is 4.67 Å². The third-order valence-electron chi connectivity index (χ3n) is 1.97. The zero-order valence-corrected chi connectivity index (χ0v) is 9.90. The van der Waals surface area contributed by atoms with Crippen molar-refractivity contribution in [2.75, 3.05) is 0 Å². The van der Waals surface area contributed by atoms with Crippen LogP contribution in [0, 0.1) is 11.3 Å². The van der Waals surface area contributed by atoms with Crippen LogP contribution in [0.3, 0.4) is 0 Å². The lowest BCUT2D eigenvalue weighted by molar-refractivity contribution is 0.267. The van der Waals surface area contributed by atoms with Gasteiger partial charge in [0, 0.05) is 0 Å². The second-order valence-corrected chi connectivity index (χ2v) is 3.92. The molecule has 0 unspecified atom stereocenters. The lowest BCUT2D eigenvalue weighted by Gasteiger charge is -2.03. The molecular formula is C12H8BrNO2. The molecule has 80 valence electrons. The van der Waals surface area contributed by atoms with Crippen LogP contribution in [-0.2, 0) is 6.61 Å². The van der Waals surface area contributed by atoms with Gasteiger partial charge in [-0.15, -0.1) is 0 Å². The summed E-state index contributed by atoms with van der Waals surface area (Å²) in [5.41, 5.74) is 0.582. The van der Waals surface area contributed by atoms with E-state index in [9.17, 15) is 0 Å². The Kier molecular flexibility index (Phi) is 3.28. The van der Waals surface area contributed by atoms with Crippen LogP contribution in [0.2, 0.25) is 0 Å². The van der Waals surface area contributed by atoms with E-state index in [0.717, 1.165) is 5.76 Å². The normalized spacial score (nSPS) is 9.75. The number of nitrogens with zero attached hydrogens (tertiary/aromatic N) is 1. The van der Waals surface area contributed by atoms with Gasteiger partial charge in [-0.2, -0.15) is 5.26 Å². The van der Waals surface area contributed by atoms with Crippen molar-refractivity contribution < 1.29 is 9.15 Å². The molecule has 0 N–H and O–H groups in total. The molecule has 0 saturated carbocycles. The second kappa shape index (κ2) is 4.86. The van der Waals surface area contributed by atoms with Crippen molar-refractivity contribution in [3.05, 3.63) is 52.4 Å². The maximum absolute atomic E-state index is 8.72. The molecule has 0 spiro atoms. The molecule has 1 aromatic heterocycles. The van der Waals surface area contributed by atoms with E-state index in [-0.39, 0.29) is 0 Å². The summed E-state index contributed by atoms with van der Waals surface area (Å²) in [7, 11) is 0. The van der Waals surface area contributed by atoms with E-state index in [0.29, 0.717) is 22.6 Å². The molecule has 4 heteroatoms. The fourth-order valence-electron chi connectivity index (χ4n) is 1.24. The maximum Gasteiger partial charge on any atom is 0.169 e. The van der Waals surface area contributed by atoms with E-state index in [1.807, 2.05) is 12.1 Å². The minimum absolute atomic E-state index is 0.348. The van der Waals surface area contributed by atoms with Crippen molar-refractivity contribution in [2.45, 2.75) is 6.61 Å². The van der Waals surface area contributed by atoms with E-state index in [1.54, 1.807) is 24.3 Å². The molecule has 1 heterocycles. The summed E-state index contributed by atoms with van der Waals surface area (Å²) in [5.74, 6) is 1.39. The van der Waals surface area contributed by atoms with Gasteiger partial charge in [-0.1, -0.05) is 6.07 Å². The highest BCUT2D eigenvalue weighted by Gasteiger charge is 2.01. The third kappa shape index (κ3) is 2.65. The molecule has 0 fully saturated rings. The van der Waals surface area contributed by atoms with Gasteiger partial charge >= 0.3 is 0 Å². The van der Waals surface area contributed by atoms with Gasteiger partial charge in [0.1, 0.15) is 18.1 Å². The average molecular weight is 278 g/mol. The Hall–Kier alpha value is -1.73. The van der Waals surface area contributed by atoms with Crippen molar-refractivity contribution in [2.24, 2.45) is 0 Å². The molecule has 1 aromatic carbocycles. The minimum atomic E-state index is 0.348. The second-order valence-electron chi connectivity index (χ2n) is 3.13. The zero-order chi connectivity index (χ0) is 11.4. The van der Waals surface area contributed by atoms with Crippen molar-refractivity contribution in [1.29, 1.82) is 5.26 Å². The van der Waals surface area contributed by atoms with Gasteiger partial charge < -0.3 is 9.15 Å². The molecule has 0 aliphatic carbocycles. The van der Waals surface area contributed by atoms with Gasteiger partial charge in [-0.05, 0) is 46.3 Å². The number of ether oxygens (including phenoxy) is 1. The van der Waals surface area contributed by atoms with E-state index in [2.05, 4.69) is 22.0 Å². The van der Waals surface area contributed by atoms with Crippen LogP contribution < -0.4 is 4.74 Å². The molecule has 0 saturated heterocycles. The number of benzene rings is 1. The molecular weight excluding hydrogens is 270 g/mol. The van der Waals surface area contributed by atoms with E-state index >= 15 is 0 Å². The molecule has 0 aliphatic rings. The Morgan fingerprint density at radius 3 is 2.88 bits per heavy atom. The lowest BCUT2D eigenvalue weighted by Crippen LogP contribution is -1.93. The summed E-state index contributed by atoms with van der Waals surface area (Å²) < 4.78 is 11.4. The van der Waals surface area contributed by atoms with Gasteiger partial charge in [0.2, 0.25) is 0 Å². The van der Waals surface area contributed by atoms with Crippen molar-refractivity contribution in [3.8, 4) is 11.8 Å². The predicted octanol–water partition coefficient (Wildman–Crippen LogP) is 3.49. The molecule has 16 heavy (non-hydrogen) atoms. The number of nitriles is 1. The molecule has 0 aliphatic heterocycles. The van der Waals surface area contributed by atoms with Crippen molar-refractivity contribution >= 4 is 15.9 Å². The predicted molar refractivity (Wildman–Crippen MR) is 61.9 cm³/mol. The smallest absolute Gasteiger partial charge is 0.169 e. The number of halogens is 1. The molecule has 2 rings (SSSR count). The number of rotatable bonds is 3. The standard InChI is InChI=1S/C12H8BrNO2/c13-12-5-4-11(16-12)8-15-10-3-1-2-9(6-10)7-14/h1-6H,8H2. The Bertz CT molecular complexity index is 528. The Balaban J connectivity index is 2.02. The quantitative estimate of drug-likeness (QED) is 0.863. The highest BCUT2D eigenvalue weighted by atomic mass is 79.9. The molecule has 0 atom stereocenters. The number of furan rings is 1. The first-order valence-corrected chi connectivity index (χ1v) is 5.44. The first-order valence-electron chi connectivity index (χ1n) is 4.65.